The predicted octanol–water partition coefficient (Wildman–Crippen LogP) is 1.75. The quantitative estimate of drug-likeness (QED) is 0.474. The summed E-state index contributed by atoms with van der Waals surface area (Å²) in [5.41, 5.74) is 0. The Morgan fingerprint density at radius 1 is 1.62 bits per heavy atom. The van der Waals surface area contributed by atoms with E-state index in [9.17, 15) is 0 Å². The minimum Gasteiger partial charge on any atom is -0.355 e. The number of nitrogens with one attached hydrogen (secondary N) is 1. The van der Waals surface area contributed by atoms with Gasteiger partial charge in [0.05, 0.1) is 0 Å². The molecule has 94 valence electrons. The summed E-state index contributed by atoms with van der Waals surface area (Å²) in [4.78, 5) is 6.76. The topological polar surface area (TPSA) is 27.6 Å². The zero-order chi connectivity index (χ0) is 11.8. The highest BCUT2D eigenvalue weighted by atomic mass is 32.2. The van der Waals surface area contributed by atoms with Crippen LogP contribution in [0.1, 0.15) is 13.3 Å². The molecule has 1 fully saturated rings. The van der Waals surface area contributed by atoms with Crippen LogP contribution >= 0.6 is 23.5 Å². The molecule has 0 aliphatic carbocycles. The van der Waals surface area contributed by atoms with Gasteiger partial charge in [-0.25, -0.2) is 0 Å². The number of nitrogens with zero attached hydrogens (tertiary/aromatic N) is 2. The van der Waals surface area contributed by atoms with E-state index in [0.717, 1.165) is 36.6 Å². The van der Waals surface area contributed by atoms with Gasteiger partial charge in [0.1, 0.15) is 0 Å². The normalized spacial score (nSPS) is 22.3. The lowest BCUT2D eigenvalue weighted by atomic mass is 10.3. The van der Waals surface area contributed by atoms with Crippen molar-refractivity contribution in [3.8, 4) is 0 Å². The minimum absolute atomic E-state index is 0.771. The lowest BCUT2D eigenvalue weighted by Crippen LogP contribution is -2.48. The highest BCUT2D eigenvalue weighted by Crippen LogP contribution is 2.20. The van der Waals surface area contributed by atoms with E-state index in [1.54, 1.807) is 0 Å². The molecule has 0 aromatic carbocycles. The second-order valence-electron chi connectivity index (χ2n) is 3.81. The molecule has 0 saturated carbocycles. The van der Waals surface area contributed by atoms with E-state index < -0.39 is 0 Å². The van der Waals surface area contributed by atoms with E-state index in [4.69, 9.17) is 0 Å². The van der Waals surface area contributed by atoms with Crippen LogP contribution in [0.2, 0.25) is 0 Å². The molecule has 1 aliphatic heterocycles. The zero-order valence-corrected chi connectivity index (χ0v) is 12.2. The first-order valence-electron chi connectivity index (χ1n) is 5.88. The van der Waals surface area contributed by atoms with Gasteiger partial charge in [-0.3, -0.25) is 4.99 Å². The Kier molecular flexibility index (Phi) is 7.12. The Morgan fingerprint density at radius 2 is 2.44 bits per heavy atom. The van der Waals surface area contributed by atoms with Gasteiger partial charge in [0.25, 0.3) is 0 Å². The molecule has 3 nitrogen and oxygen atoms in total. The Balaban J connectivity index is 2.39. The summed E-state index contributed by atoms with van der Waals surface area (Å²) < 4.78 is 0. The molecule has 0 amide bonds. The van der Waals surface area contributed by atoms with Crippen molar-refractivity contribution in [3.05, 3.63) is 0 Å². The lowest BCUT2D eigenvalue weighted by Gasteiger charge is -2.34. The molecule has 1 rings (SSSR count). The van der Waals surface area contributed by atoms with Crippen LogP contribution in [0.15, 0.2) is 4.99 Å². The van der Waals surface area contributed by atoms with Crippen LogP contribution in [-0.2, 0) is 0 Å². The highest BCUT2D eigenvalue weighted by Gasteiger charge is 2.20. The number of hydrogen-bond acceptors (Lipinski definition) is 3. The summed E-state index contributed by atoms with van der Waals surface area (Å²) in [6, 6.07) is 0. The third-order valence-electron chi connectivity index (χ3n) is 2.69. The fourth-order valence-corrected chi connectivity index (χ4v) is 3.24. The molecule has 1 unspecified atom stereocenters. The third kappa shape index (κ3) is 4.45. The fraction of sp³-hybridized carbons (Fsp3) is 0.909. The van der Waals surface area contributed by atoms with Crippen molar-refractivity contribution < 1.29 is 0 Å². The first-order valence-corrected chi connectivity index (χ1v) is 8.32. The molecule has 1 N–H and O–H groups in total. The van der Waals surface area contributed by atoms with Gasteiger partial charge in [0.2, 0.25) is 0 Å². The number of aliphatic imine (C=N–C) groups is 1. The van der Waals surface area contributed by atoms with Gasteiger partial charge in [-0.05, 0) is 12.7 Å². The molecule has 16 heavy (non-hydrogen) atoms. The van der Waals surface area contributed by atoms with Crippen molar-refractivity contribution in [2.75, 3.05) is 44.4 Å². The maximum atomic E-state index is 4.37. The second kappa shape index (κ2) is 8.12. The van der Waals surface area contributed by atoms with Crippen LogP contribution in [0.5, 0.6) is 0 Å². The van der Waals surface area contributed by atoms with E-state index in [-0.39, 0.29) is 0 Å². The first-order chi connectivity index (χ1) is 7.81. The van der Waals surface area contributed by atoms with Gasteiger partial charge in [-0.15, -0.1) is 0 Å². The minimum atomic E-state index is 0.771. The highest BCUT2D eigenvalue weighted by molar-refractivity contribution is 8.00. The molecule has 0 aromatic heterocycles. The van der Waals surface area contributed by atoms with Crippen LogP contribution < -0.4 is 5.32 Å². The molecule has 0 spiro atoms. The molecule has 1 atom stereocenters. The fourth-order valence-electron chi connectivity index (χ4n) is 1.76. The van der Waals surface area contributed by atoms with E-state index in [1.807, 2.05) is 18.8 Å². The van der Waals surface area contributed by atoms with Crippen molar-refractivity contribution in [3.63, 3.8) is 0 Å². The predicted molar refractivity (Wildman–Crippen MR) is 77.9 cm³/mol. The van der Waals surface area contributed by atoms with E-state index in [2.05, 4.69) is 40.2 Å². The molecule has 5 heteroatoms. The molecule has 0 bridgehead atoms. The van der Waals surface area contributed by atoms with E-state index in [0.29, 0.717) is 0 Å². The van der Waals surface area contributed by atoms with Gasteiger partial charge in [-0.2, -0.15) is 23.5 Å². The van der Waals surface area contributed by atoms with Gasteiger partial charge in [0, 0.05) is 43.4 Å². The first kappa shape index (κ1) is 14.0. The van der Waals surface area contributed by atoms with Crippen molar-refractivity contribution in [2.45, 2.75) is 18.6 Å². The Bertz CT molecular complexity index is 221. The Labute approximate surface area is 108 Å². The molecular weight excluding hydrogens is 238 g/mol. The number of thioether (sulfide) groups is 2. The van der Waals surface area contributed by atoms with E-state index in [1.165, 1.54) is 12.2 Å². The molecule has 1 heterocycles. The number of rotatable bonds is 4. The van der Waals surface area contributed by atoms with E-state index >= 15 is 0 Å². The van der Waals surface area contributed by atoms with Crippen molar-refractivity contribution in [2.24, 2.45) is 4.99 Å². The largest absolute Gasteiger partial charge is 0.355 e. The zero-order valence-electron chi connectivity index (χ0n) is 10.5. The molecule has 1 aliphatic rings. The van der Waals surface area contributed by atoms with Crippen molar-refractivity contribution in [1.82, 2.24) is 10.2 Å². The average molecular weight is 261 g/mol. The molecular formula is C11H23N3S2. The molecule has 0 aromatic rings. The van der Waals surface area contributed by atoms with Gasteiger partial charge in [-0.1, -0.05) is 6.92 Å². The summed E-state index contributed by atoms with van der Waals surface area (Å²) >= 11 is 3.96. The maximum absolute atomic E-state index is 4.37. The molecule has 1 saturated heterocycles. The standard InChI is InChI=1S/C11H23N3S2/c1-4-10-9-14(6-8-16-10)11(12-2)13-5-7-15-3/h10H,4-9H2,1-3H3,(H,12,13). The second-order valence-corrected chi connectivity index (χ2v) is 6.21. The van der Waals surface area contributed by atoms with Crippen LogP contribution in [-0.4, -0.2) is 60.6 Å². The maximum Gasteiger partial charge on any atom is 0.193 e. The Morgan fingerprint density at radius 3 is 3.06 bits per heavy atom. The molecule has 0 radical (unpaired) electrons. The summed E-state index contributed by atoms with van der Waals surface area (Å²) in [6.07, 6.45) is 3.39. The lowest BCUT2D eigenvalue weighted by molar-refractivity contribution is 0.409. The summed E-state index contributed by atoms with van der Waals surface area (Å²) in [5, 5.41) is 4.20. The average Bonchev–Trinajstić information content (AvgIpc) is 2.35. The van der Waals surface area contributed by atoms with Gasteiger partial charge < -0.3 is 10.2 Å². The Hall–Kier alpha value is -0.0300. The summed E-state index contributed by atoms with van der Waals surface area (Å²) in [7, 11) is 1.88. The number of hydrogen-bond donors (Lipinski definition) is 1. The smallest absolute Gasteiger partial charge is 0.193 e. The van der Waals surface area contributed by atoms with Gasteiger partial charge >= 0.3 is 0 Å². The summed E-state index contributed by atoms with van der Waals surface area (Å²) in [5.74, 6) is 3.44. The van der Waals surface area contributed by atoms with Crippen LogP contribution in [0.25, 0.3) is 0 Å². The van der Waals surface area contributed by atoms with Crippen molar-refractivity contribution >= 4 is 29.5 Å². The third-order valence-corrected chi connectivity index (χ3v) is 4.68. The van der Waals surface area contributed by atoms with Crippen molar-refractivity contribution in [1.29, 1.82) is 0 Å². The SMILES string of the molecule is CCC1CN(C(=NC)NCCSC)CCS1. The van der Waals surface area contributed by atoms with Crippen LogP contribution in [0, 0.1) is 0 Å². The number of guanidine groups is 1. The van der Waals surface area contributed by atoms with Crippen LogP contribution in [0.3, 0.4) is 0 Å². The monoisotopic (exact) mass is 261 g/mol. The van der Waals surface area contributed by atoms with Gasteiger partial charge in [0.15, 0.2) is 5.96 Å². The summed E-state index contributed by atoms with van der Waals surface area (Å²) in [6.45, 7) is 5.54. The van der Waals surface area contributed by atoms with Crippen LogP contribution in [0.4, 0.5) is 0 Å².